The van der Waals surface area contributed by atoms with Crippen LogP contribution < -0.4 is 5.32 Å². The van der Waals surface area contributed by atoms with Gasteiger partial charge in [0.05, 0.1) is 0 Å². The number of nitrogens with one attached hydrogen (secondary N) is 1. The van der Waals surface area contributed by atoms with Crippen LogP contribution in [0.5, 0.6) is 0 Å². The molecule has 30 heavy (non-hydrogen) atoms. The summed E-state index contributed by atoms with van der Waals surface area (Å²) in [6, 6.07) is 12.0. The lowest BCUT2D eigenvalue weighted by atomic mass is 10.1. The second-order valence-electron chi connectivity index (χ2n) is 7.15. The van der Waals surface area contributed by atoms with Crippen molar-refractivity contribution in [2.45, 2.75) is 50.7 Å². The molecular formula is C22H25Cl3N2O2S. The fraction of sp³-hybridized carbons (Fsp3) is 0.364. The SMILES string of the molecule is CC(C)NC(=O)[C@H](C)N(Cc1ccc(Cl)cc1Cl)C(=O)CCSc1ccc(Cl)cc1. The highest BCUT2D eigenvalue weighted by molar-refractivity contribution is 7.99. The van der Waals surface area contributed by atoms with Crippen molar-refractivity contribution in [3.05, 3.63) is 63.1 Å². The van der Waals surface area contributed by atoms with Gasteiger partial charge in [-0.1, -0.05) is 40.9 Å². The van der Waals surface area contributed by atoms with E-state index in [0.717, 1.165) is 10.5 Å². The zero-order valence-electron chi connectivity index (χ0n) is 17.1. The highest BCUT2D eigenvalue weighted by Gasteiger charge is 2.26. The summed E-state index contributed by atoms with van der Waals surface area (Å²) in [4.78, 5) is 28.2. The Morgan fingerprint density at radius 2 is 1.63 bits per heavy atom. The number of hydrogen-bond donors (Lipinski definition) is 1. The molecule has 0 radical (unpaired) electrons. The van der Waals surface area contributed by atoms with Crippen LogP contribution in [-0.2, 0) is 16.1 Å². The van der Waals surface area contributed by atoms with Gasteiger partial charge in [0.2, 0.25) is 11.8 Å². The molecule has 162 valence electrons. The Labute approximate surface area is 197 Å². The smallest absolute Gasteiger partial charge is 0.242 e. The molecule has 4 nitrogen and oxygen atoms in total. The van der Waals surface area contributed by atoms with Gasteiger partial charge in [-0.3, -0.25) is 9.59 Å². The number of carbonyl (C=O) groups is 2. The fourth-order valence-electron chi connectivity index (χ4n) is 2.75. The van der Waals surface area contributed by atoms with Gasteiger partial charge in [-0.15, -0.1) is 11.8 Å². The number of carbonyl (C=O) groups excluding carboxylic acids is 2. The number of hydrogen-bond acceptors (Lipinski definition) is 3. The zero-order valence-corrected chi connectivity index (χ0v) is 20.2. The number of thioether (sulfide) groups is 1. The summed E-state index contributed by atoms with van der Waals surface area (Å²) in [6.45, 7) is 5.73. The number of rotatable bonds is 9. The van der Waals surface area contributed by atoms with Crippen LogP contribution in [-0.4, -0.2) is 34.6 Å². The van der Waals surface area contributed by atoms with Crippen LogP contribution in [0.2, 0.25) is 15.1 Å². The molecule has 0 aliphatic rings. The molecule has 0 aliphatic carbocycles. The highest BCUT2D eigenvalue weighted by Crippen LogP contribution is 2.25. The lowest BCUT2D eigenvalue weighted by Gasteiger charge is -2.29. The van der Waals surface area contributed by atoms with Crippen LogP contribution >= 0.6 is 46.6 Å². The van der Waals surface area contributed by atoms with Crippen molar-refractivity contribution in [2.75, 3.05) is 5.75 Å². The van der Waals surface area contributed by atoms with E-state index >= 15 is 0 Å². The maximum Gasteiger partial charge on any atom is 0.242 e. The van der Waals surface area contributed by atoms with Gasteiger partial charge in [0, 0.05) is 44.7 Å². The third kappa shape index (κ3) is 7.69. The van der Waals surface area contributed by atoms with E-state index in [-0.39, 0.29) is 30.8 Å². The molecule has 1 N–H and O–H groups in total. The van der Waals surface area contributed by atoms with Gasteiger partial charge in [-0.2, -0.15) is 0 Å². The number of benzene rings is 2. The van der Waals surface area contributed by atoms with E-state index in [1.165, 1.54) is 0 Å². The molecule has 0 saturated heterocycles. The molecule has 2 aromatic carbocycles. The predicted octanol–water partition coefficient (Wildman–Crippen LogP) is 6.07. The quantitative estimate of drug-likeness (QED) is 0.437. The Kier molecular flexibility index (Phi) is 9.82. The van der Waals surface area contributed by atoms with Crippen LogP contribution in [0.15, 0.2) is 47.4 Å². The number of nitrogens with zero attached hydrogens (tertiary/aromatic N) is 1. The van der Waals surface area contributed by atoms with Crippen molar-refractivity contribution < 1.29 is 9.59 Å². The Morgan fingerprint density at radius 1 is 1.00 bits per heavy atom. The molecule has 0 heterocycles. The second kappa shape index (κ2) is 11.8. The standard InChI is InChI=1S/C22H25Cl3N2O2S/c1-14(2)26-22(29)15(3)27(13-16-4-5-18(24)12-20(16)25)21(28)10-11-30-19-8-6-17(23)7-9-19/h4-9,12,14-15H,10-11,13H2,1-3H3,(H,26,29)/t15-/m0/s1. The number of halogens is 3. The molecule has 0 unspecified atom stereocenters. The summed E-state index contributed by atoms with van der Waals surface area (Å²) in [5.41, 5.74) is 0.740. The van der Waals surface area contributed by atoms with Gasteiger partial charge in [0.15, 0.2) is 0 Å². The van der Waals surface area contributed by atoms with Gasteiger partial charge in [0.1, 0.15) is 6.04 Å². The molecule has 0 aliphatic heterocycles. The molecule has 0 bridgehead atoms. The first-order chi connectivity index (χ1) is 14.2. The Hall–Kier alpha value is -1.40. The molecular weight excluding hydrogens is 463 g/mol. The second-order valence-corrected chi connectivity index (χ2v) is 9.60. The van der Waals surface area contributed by atoms with Crippen LogP contribution in [0.25, 0.3) is 0 Å². The lowest BCUT2D eigenvalue weighted by molar-refractivity contribution is -0.140. The van der Waals surface area contributed by atoms with E-state index < -0.39 is 6.04 Å². The average molecular weight is 488 g/mol. The molecule has 0 aromatic heterocycles. The van der Waals surface area contributed by atoms with Crippen molar-refractivity contribution >= 4 is 58.4 Å². The maximum absolute atomic E-state index is 13.0. The number of amides is 2. The van der Waals surface area contributed by atoms with Crippen molar-refractivity contribution in [3.8, 4) is 0 Å². The van der Waals surface area contributed by atoms with Crippen molar-refractivity contribution in [3.63, 3.8) is 0 Å². The molecule has 2 aromatic rings. The zero-order chi connectivity index (χ0) is 22.3. The van der Waals surface area contributed by atoms with E-state index in [1.807, 2.05) is 38.1 Å². The summed E-state index contributed by atoms with van der Waals surface area (Å²) in [6.07, 6.45) is 0.289. The first-order valence-electron chi connectivity index (χ1n) is 9.59. The summed E-state index contributed by atoms with van der Waals surface area (Å²) in [7, 11) is 0. The summed E-state index contributed by atoms with van der Waals surface area (Å²) in [5.74, 6) is 0.270. The Balaban J connectivity index is 2.11. The van der Waals surface area contributed by atoms with Gasteiger partial charge in [0.25, 0.3) is 0 Å². The van der Waals surface area contributed by atoms with E-state index in [0.29, 0.717) is 20.8 Å². The van der Waals surface area contributed by atoms with E-state index in [4.69, 9.17) is 34.8 Å². The molecule has 0 spiro atoms. The minimum atomic E-state index is -0.632. The van der Waals surface area contributed by atoms with E-state index in [9.17, 15) is 9.59 Å². The summed E-state index contributed by atoms with van der Waals surface area (Å²) >= 11 is 19.8. The normalized spacial score (nSPS) is 12.0. The summed E-state index contributed by atoms with van der Waals surface area (Å²) < 4.78 is 0. The third-order valence-corrected chi connectivity index (χ3v) is 6.20. The molecule has 2 rings (SSSR count). The lowest BCUT2D eigenvalue weighted by Crippen LogP contribution is -2.49. The largest absolute Gasteiger partial charge is 0.352 e. The molecule has 1 atom stereocenters. The molecule has 0 saturated carbocycles. The van der Waals surface area contributed by atoms with Crippen molar-refractivity contribution in [1.29, 1.82) is 0 Å². The Bertz CT molecular complexity index is 875. The third-order valence-electron chi connectivity index (χ3n) is 4.35. The predicted molar refractivity (Wildman–Crippen MR) is 127 cm³/mol. The minimum absolute atomic E-state index is 0.0171. The fourth-order valence-corrected chi connectivity index (χ4v) is 4.19. The average Bonchev–Trinajstić information content (AvgIpc) is 2.67. The van der Waals surface area contributed by atoms with Crippen LogP contribution in [0.1, 0.15) is 32.8 Å². The van der Waals surface area contributed by atoms with Gasteiger partial charge in [-0.25, -0.2) is 0 Å². The molecule has 8 heteroatoms. The van der Waals surface area contributed by atoms with E-state index in [2.05, 4.69) is 5.32 Å². The molecule has 2 amide bonds. The van der Waals surface area contributed by atoms with Crippen LogP contribution in [0.3, 0.4) is 0 Å². The topological polar surface area (TPSA) is 49.4 Å². The first-order valence-corrected chi connectivity index (χ1v) is 11.7. The van der Waals surface area contributed by atoms with Crippen LogP contribution in [0, 0.1) is 0 Å². The summed E-state index contributed by atoms with van der Waals surface area (Å²) in [5, 5.41) is 4.53. The monoisotopic (exact) mass is 486 g/mol. The van der Waals surface area contributed by atoms with Crippen molar-refractivity contribution in [2.24, 2.45) is 0 Å². The Morgan fingerprint density at radius 3 is 2.23 bits per heavy atom. The van der Waals surface area contributed by atoms with Crippen LogP contribution in [0.4, 0.5) is 0 Å². The van der Waals surface area contributed by atoms with Gasteiger partial charge in [-0.05, 0) is 62.7 Å². The minimum Gasteiger partial charge on any atom is -0.352 e. The van der Waals surface area contributed by atoms with Gasteiger partial charge < -0.3 is 10.2 Å². The molecule has 0 fully saturated rings. The first kappa shape index (κ1) is 24.9. The van der Waals surface area contributed by atoms with Crippen molar-refractivity contribution in [1.82, 2.24) is 10.2 Å². The van der Waals surface area contributed by atoms with Gasteiger partial charge >= 0.3 is 0 Å². The maximum atomic E-state index is 13.0. The van der Waals surface area contributed by atoms with E-state index in [1.54, 1.807) is 41.8 Å². The highest BCUT2D eigenvalue weighted by atomic mass is 35.5.